The van der Waals surface area contributed by atoms with Gasteiger partial charge in [0.05, 0.1) is 0 Å². The molecule has 0 unspecified atom stereocenters. The Kier molecular flexibility index (Phi) is 4.31. The molecule has 6 nitrogen and oxygen atoms in total. The van der Waals surface area contributed by atoms with Crippen LogP contribution in [0.3, 0.4) is 0 Å². The molecule has 0 radical (unpaired) electrons. The molecule has 0 aliphatic carbocycles. The Labute approximate surface area is 103 Å². The van der Waals surface area contributed by atoms with Crippen LogP contribution in [-0.4, -0.2) is 15.1 Å². The van der Waals surface area contributed by atoms with Crippen molar-refractivity contribution < 1.29 is 5.11 Å². The quantitative estimate of drug-likeness (QED) is 0.525. The molecule has 18 heavy (non-hydrogen) atoms. The maximum absolute atomic E-state index is 11.6. The van der Waals surface area contributed by atoms with Gasteiger partial charge in [-0.2, -0.15) is 0 Å². The van der Waals surface area contributed by atoms with Crippen molar-refractivity contribution in [3.63, 3.8) is 0 Å². The summed E-state index contributed by atoms with van der Waals surface area (Å²) in [4.78, 5) is 27.7. The van der Waals surface area contributed by atoms with Crippen LogP contribution in [0.5, 0.6) is 0 Å². The Morgan fingerprint density at radius 2 is 1.83 bits per heavy atom. The van der Waals surface area contributed by atoms with Crippen molar-refractivity contribution in [1.82, 2.24) is 15.3 Å². The number of hydrogen-bond acceptors (Lipinski definition) is 4. The van der Waals surface area contributed by atoms with Crippen molar-refractivity contribution in [3.05, 3.63) is 55.3 Å². The van der Waals surface area contributed by atoms with Crippen LogP contribution in [0, 0.1) is 0 Å². The zero-order valence-corrected chi connectivity index (χ0v) is 10.2. The second-order valence-electron chi connectivity index (χ2n) is 3.48. The number of aromatic amines is 2. The molecule has 4 N–H and O–H groups in total. The fourth-order valence-electron chi connectivity index (χ4n) is 1.34. The minimum atomic E-state index is -0.704. The number of rotatable bonds is 3. The summed E-state index contributed by atoms with van der Waals surface area (Å²) in [7, 11) is 0. The Bertz CT molecular complexity index is 670. The second-order valence-corrected chi connectivity index (χ2v) is 3.48. The molecule has 0 fully saturated rings. The van der Waals surface area contributed by atoms with Gasteiger partial charge in [0, 0.05) is 5.70 Å². The number of aliphatic hydroxyl groups is 1. The minimum Gasteiger partial charge on any atom is -0.494 e. The van der Waals surface area contributed by atoms with Crippen LogP contribution >= 0.6 is 0 Å². The van der Waals surface area contributed by atoms with Crippen LogP contribution in [0.4, 0.5) is 0 Å². The van der Waals surface area contributed by atoms with Gasteiger partial charge in [0.1, 0.15) is 5.48 Å². The number of allylic oxidation sites excluding steroid dienone is 3. The van der Waals surface area contributed by atoms with Gasteiger partial charge in [-0.3, -0.25) is 9.59 Å². The minimum absolute atomic E-state index is 0.0845. The van der Waals surface area contributed by atoms with E-state index in [1.165, 1.54) is 0 Å². The van der Waals surface area contributed by atoms with Gasteiger partial charge in [-0.15, -0.1) is 0 Å². The van der Waals surface area contributed by atoms with Gasteiger partial charge in [-0.1, -0.05) is 18.7 Å². The number of aliphatic hydroxyl groups excluding tert-OH is 1. The highest BCUT2D eigenvalue weighted by Gasteiger charge is 2.04. The molecule has 1 rings (SSSR count). The Morgan fingerprint density at radius 3 is 2.28 bits per heavy atom. The lowest BCUT2D eigenvalue weighted by Crippen LogP contribution is -2.50. The van der Waals surface area contributed by atoms with Gasteiger partial charge in [0.15, 0.2) is 5.22 Å². The van der Waals surface area contributed by atoms with Crippen molar-refractivity contribution in [3.8, 4) is 0 Å². The van der Waals surface area contributed by atoms with Gasteiger partial charge in [0.2, 0.25) is 5.88 Å². The lowest BCUT2D eigenvalue weighted by molar-refractivity contribution is 0.469. The fraction of sp³-hybridized carbons (Fsp3) is 0.167. The van der Waals surface area contributed by atoms with Gasteiger partial charge >= 0.3 is 0 Å². The van der Waals surface area contributed by atoms with E-state index >= 15 is 0 Å². The second kappa shape index (κ2) is 5.72. The molecule has 1 aromatic heterocycles. The van der Waals surface area contributed by atoms with Crippen molar-refractivity contribution in [2.24, 2.45) is 0 Å². The first-order valence-electron chi connectivity index (χ1n) is 5.30. The van der Waals surface area contributed by atoms with Gasteiger partial charge in [-0.25, -0.2) is 0 Å². The standard InChI is InChI=1S/C12H15N3O3/c1-4-6-8(5-2)15-12(18)9-10(16)13-7(3)14-11(9)17/h4-6,15,18H,3H2,1-2H3,(H,13,16)(H,14,17). The predicted molar refractivity (Wildman–Crippen MR) is 70.2 cm³/mol. The molecule has 1 aromatic rings. The molecule has 0 saturated carbocycles. The van der Waals surface area contributed by atoms with Crippen LogP contribution in [0.25, 0.3) is 12.5 Å². The van der Waals surface area contributed by atoms with E-state index in [0.717, 1.165) is 0 Å². The van der Waals surface area contributed by atoms with Crippen molar-refractivity contribution in [1.29, 1.82) is 0 Å². The van der Waals surface area contributed by atoms with E-state index in [4.69, 9.17) is 0 Å². The summed E-state index contributed by atoms with van der Waals surface area (Å²) in [5.74, 6) is -0.510. The number of aromatic nitrogens is 2. The summed E-state index contributed by atoms with van der Waals surface area (Å²) in [5.41, 5.74) is -0.761. The molecular formula is C12H15N3O3. The first-order chi connectivity index (χ1) is 8.49. The third-order valence-corrected chi connectivity index (χ3v) is 2.14. The first kappa shape index (κ1) is 13.6. The average molecular weight is 249 g/mol. The van der Waals surface area contributed by atoms with E-state index in [9.17, 15) is 14.7 Å². The zero-order valence-electron chi connectivity index (χ0n) is 10.2. The van der Waals surface area contributed by atoms with E-state index in [1.54, 1.807) is 32.1 Å². The van der Waals surface area contributed by atoms with E-state index < -0.39 is 17.0 Å². The van der Waals surface area contributed by atoms with Gasteiger partial charge < -0.3 is 20.4 Å². The molecular weight excluding hydrogens is 234 g/mol. The maximum Gasteiger partial charge on any atom is 0.267 e. The SMILES string of the molecule is C=c1[nH]c(=O)c(=C(O)NC(C=CC)=CC)c(=O)[nH]1. The van der Waals surface area contributed by atoms with Crippen LogP contribution in [0.2, 0.25) is 0 Å². The Morgan fingerprint density at radius 1 is 1.28 bits per heavy atom. The van der Waals surface area contributed by atoms with Crippen LogP contribution in [0.1, 0.15) is 13.8 Å². The first-order valence-corrected chi connectivity index (χ1v) is 5.30. The summed E-state index contributed by atoms with van der Waals surface area (Å²) >= 11 is 0. The maximum atomic E-state index is 11.6. The van der Waals surface area contributed by atoms with Crippen LogP contribution < -0.4 is 27.1 Å². The fourth-order valence-corrected chi connectivity index (χ4v) is 1.34. The average Bonchev–Trinajstić information content (AvgIpc) is 2.26. The molecule has 1 heterocycles. The lowest BCUT2D eigenvalue weighted by atomic mass is 10.3. The third kappa shape index (κ3) is 3.00. The van der Waals surface area contributed by atoms with Crippen molar-refractivity contribution in [2.45, 2.75) is 13.8 Å². The number of nitrogens with one attached hydrogen (secondary N) is 3. The largest absolute Gasteiger partial charge is 0.494 e. The molecule has 0 aliphatic heterocycles. The smallest absolute Gasteiger partial charge is 0.267 e. The van der Waals surface area contributed by atoms with Gasteiger partial charge in [-0.05, 0) is 19.9 Å². The molecule has 0 aromatic carbocycles. The summed E-state index contributed by atoms with van der Waals surface area (Å²) in [6, 6.07) is 0. The molecule has 0 saturated heterocycles. The van der Waals surface area contributed by atoms with E-state index in [2.05, 4.69) is 21.9 Å². The summed E-state index contributed by atoms with van der Waals surface area (Å²) in [6.07, 6.45) is 5.13. The van der Waals surface area contributed by atoms with Crippen LogP contribution in [-0.2, 0) is 0 Å². The number of H-pyrrole nitrogens is 2. The van der Waals surface area contributed by atoms with E-state index in [-0.39, 0.29) is 10.7 Å². The van der Waals surface area contributed by atoms with Crippen LogP contribution in [0.15, 0.2) is 33.5 Å². The lowest BCUT2D eigenvalue weighted by Gasteiger charge is -2.04. The zero-order chi connectivity index (χ0) is 13.7. The molecule has 96 valence electrons. The normalized spacial score (nSPS) is 11.8. The monoisotopic (exact) mass is 249 g/mol. The van der Waals surface area contributed by atoms with Crippen molar-refractivity contribution in [2.75, 3.05) is 0 Å². The molecule has 0 amide bonds. The Balaban J connectivity index is 3.44. The summed E-state index contributed by atoms with van der Waals surface area (Å²) in [5, 5.41) is 12.0. The topological polar surface area (TPSA) is 98.0 Å². The summed E-state index contributed by atoms with van der Waals surface area (Å²) in [6.45, 7) is 6.96. The molecule has 0 atom stereocenters. The highest BCUT2D eigenvalue weighted by molar-refractivity contribution is 5.37. The van der Waals surface area contributed by atoms with E-state index in [0.29, 0.717) is 5.70 Å². The summed E-state index contributed by atoms with van der Waals surface area (Å²) < 4.78 is 0. The Hall–Kier alpha value is -2.50. The molecule has 0 bridgehead atoms. The molecule has 6 heteroatoms. The predicted octanol–water partition coefficient (Wildman–Crippen LogP) is -0.833. The third-order valence-electron chi connectivity index (χ3n) is 2.14. The molecule has 0 aliphatic rings. The van der Waals surface area contributed by atoms with Crippen molar-refractivity contribution >= 4 is 12.5 Å². The highest BCUT2D eigenvalue weighted by atomic mass is 16.3. The van der Waals surface area contributed by atoms with Gasteiger partial charge in [0.25, 0.3) is 11.1 Å². The molecule has 0 spiro atoms. The number of hydrogen-bond donors (Lipinski definition) is 4. The van der Waals surface area contributed by atoms with E-state index in [1.807, 2.05) is 0 Å². The highest BCUT2D eigenvalue weighted by Crippen LogP contribution is 1.93.